The maximum atomic E-state index is 11.7. The smallest absolute Gasteiger partial charge is 0.236 e. The number of carbonyl (C=O) groups excluding carboxylic acids is 1. The van der Waals surface area contributed by atoms with Crippen LogP contribution < -0.4 is 5.32 Å². The molecule has 1 N–H and O–H groups in total. The first kappa shape index (κ1) is 14.3. The molecule has 0 spiro atoms. The van der Waals surface area contributed by atoms with Crippen LogP contribution in [0.15, 0.2) is 18.2 Å². The first-order valence-corrected chi connectivity index (χ1v) is 5.79. The largest absolute Gasteiger partial charge is 0.337 e. The van der Waals surface area contributed by atoms with Crippen LogP contribution in [0.1, 0.15) is 11.1 Å². The number of nitrogens with one attached hydrogen (secondary N) is 1. The Hall–Kier alpha value is -0.770. The van der Waals surface area contributed by atoms with Crippen LogP contribution in [-0.2, 0) is 17.8 Å². The molecule has 0 bridgehead atoms. The van der Waals surface area contributed by atoms with Crippen molar-refractivity contribution in [3.63, 3.8) is 0 Å². The van der Waals surface area contributed by atoms with Gasteiger partial charge >= 0.3 is 0 Å². The number of halogens is 2. The van der Waals surface area contributed by atoms with E-state index in [1.165, 1.54) is 11.1 Å². The maximum absolute atomic E-state index is 11.7. The van der Waals surface area contributed by atoms with Crippen LogP contribution in [-0.4, -0.2) is 30.9 Å². The molecule has 1 amide bonds. The molecule has 0 unspecified atom stereocenters. The Morgan fingerprint density at radius 2 is 2.29 bits per heavy atom. The van der Waals surface area contributed by atoms with Gasteiger partial charge in [-0.05, 0) is 30.7 Å². The van der Waals surface area contributed by atoms with Gasteiger partial charge in [0, 0.05) is 18.1 Å². The lowest BCUT2D eigenvalue weighted by Crippen LogP contribution is -2.40. The molecule has 0 saturated carbocycles. The van der Waals surface area contributed by atoms with Crippen molar-refractivity contribution in [1.29, 1.82) is 0 Å². The fraction of sp³-hybridized carbons (Fsp3) is 0.417. The Morgan fingerprint density at radius 1 is 1.53 bits per heavy atom. The number of benzene rings is 1. The van der Waals surface area contributed by atoms with Crippen LogP contribution in [0.3, 0.4) is 0 Å². The van der Waals surface area contributed by atoms with Gasteiger partial charge in [0.15, 0.2) is 0 Å². The van der Waals surface area contributed by atoms with E-state index in [0.717, 1.165) is 18.0 Å². The number of nitrogens with zero attached hydrogens (tertiary/aromatic N) is 1. The summed E-state index contributed by atoms with van der Waals surface area (Å²) in [4.78, 5) is 13.6. The van der Waals surface area contributed by atoms with Gasteiger partial charge in [0.1, 0.15) is 0 Å². The number of hydrogen-bond acceptors (Lipinski definition) is 2. The lowest BCUT2D eigenvalue weighted by atomic mass is 10.00. The van der Waals surface area contributed by atoms with Gasteiger partial charge in [-0.25, -0.2) is 0 Å². The van der Waals surface area contributed by atoms with Crippen molar-refractivity contribution in [2.75, 3.05) is 20.1 Å². The average Bonchev–Trinajstić information content (AvgIpc) is 2.29. The van der Waals surface area contributed by atoms with Crippen molar-refractivity contribution in [1.82, 2.24) is 10.2 Å². The third kappa shape index (κ3) is 3.12. The highest BCUT2D eigenvalue weighted by Gasteiger charge is 2.21. The first-order chi connectivity index (χ1) is 7.72. The third-order valence-electron chi connectivity index (χ3n) is 2.89. The molecule has 1 aromatic carbocycles. The molecule has 5 heteroatoms. The van der Waals surface area contributed by atoms with Gasteiger partial charge < -0.3 is 10.2 Å². The summed E-state index contributed by atoms with van der Waals surface area (Å²) < 4.78 is 0. The summed E-state index contributed by atoms with van der Waals surface area (Å²) in [7, 11) is 1.78. The van der Waals surface area contributed by atoms with Crippen molar-refractivity contribution < 1.29 is 4.79 Å². The number of rotatable bonds is 2. The topological polar surface area (TPSA) is 32.3 Å². The number of carbonyl (C=O) groups is 1. The van der Waals surface area contributed by atoms with Gasteiger partial charge in [-0.1, -0.05) is 23.7 Å². The minimum atomic E-state index is 0. The van der Waals surface area contributed by atoms with Crippen LogP contribution in [0.25, 0.3) is 0 Å². The quantitative estimate of drug-likeness (QED) is 0.893. The van der Waals surface area contributed by atoms with E-state index in [1.807, 2.05) is 23.1 Å². The molecular formula is C12H16Cl2N2O. The summed E-state index contributed by atoms with van der Waals surface area (Å²) in [5.74, 6) is 0.146. The van der Waals surface area contributed by atoms with Crippen molar-refractivity contribution in [2.45, 2.75) is 13.0 Å². The van der Waals surface area contributed by atoms with E-state index in [4.69, 9.17) is 11.6 Å². The van der Waals surface area contributed by atoms with Crippen molar-refractivity contribution >= 4 is 29.9 Å². The zero-order valence-electron chi connectivity index (χ0n) is 9.70. The minimum Gasteiger partial charge on any atom is -0.337 e. The van der Waals surface area contributed by atoms with Gasteiger partial charge in [-0.15, -0.1) is 12.4 Å². The Labute approximate surface area is 113 Å². The van der Waals surface area contributed by atoms with E-state index in [0.29, 0.717) is 13.1 Å². The van der Waals surface area contributed by atoms with Crippen LogP contribution in [0.4, 0.5) is 0 Å². The van der Waals surface area contributed by atoms with Crippen LogP contribution in [0, 0.1) is 0 Å². The molecule has 17 heavy (non-hydrogen) atoms. The highest BCUT2D eigenvalue weighted by atomic mass is 35.5. The van der Waals surface area contributed by atoms with E-state index >= 15 is 0 Å². The second-order valence-corrected chi connectivity index (χ2v) is 4.38. The van der Waals surface area contributed by atoms with Crippen molar-refractivity contribution in [2.24, 2.45) is 0 Å². The van der Waals surface area contributed by atoms with E-state index < -0.39 is 0 Å². The predicted molar refractivity (Wildman–Crippen MR) is 71.7 cm³/mol. The fourth-order valence-electron chi connectivity index (χ4n) is 2.04. The minimum absolute atomic E-state index is 0. The second-order valence-electron chi connectivity index (χ2n) is 3.97. The Morgan fingerprint density at radius 3 is 3.00 bits per heavy atom. The molecule has 94 valence electrons. The molecule has 1 heterocycles. The van der Waals surface area contributed by atoms with Crippen LogP contribution in [0.5, 0.6) is 0 Å². The molecule has 1 aliphatic heterocycles. The molecule has 1 aromatic rings. The summed E-state index contributed by atoms with van der Waals surface area (Å²) in [6.45, 7) is 1.84. The molecule has 0 radical (unpaired) electrons. The van der Waals surface area contributed by atoms with E-state index in [1.54, 1.807) is 7.05 Å². The molecule has 3 nitrogen and oxygen atoms in total. The lowest BCUT2D eigenvalue weighted by Gasteiger charge is -2.29. The molecule has 0 fully saturated rings. The van der Waals surface area contributed by atoms with E-state index in [-0.39, 0.29) is 18.3 Å². The second kappa shape index (κ2) is 6.24. The van der Waals surface area contributed by atoms with Gasteiger partial charge in [-0.3, -0.25) is 4.79 Å². The fourth-order valence-corrected chi connectivity index (χ4v) is 2.33. The van der Waals surface area contributed by atoms with Crippen molar-refractivity contribution in [3.05, 3.63) is 34.3 Å². The van der Waals surface area contributed by atoms with E-state index in [2.05, 4.69) is 5.32 Å². The van der Waals surface area contributed by atoms with E-state index in [9.17, 15) is 4.79 Å². The monoisotopic (exact) mass is 274 g/mol. The van der Waals surface area contributed by atoms with Crippen molar-refractivity contribution in [3.8, 4) is 0 Å². The molecule has 0 saturated heterocycles. The number of likely N-dealkylation sites (N-methyl/N-ethyl adjacent to an activating group) is 1. The molecular weight excluding hydrogens is 259 g/mol. The normalized spacial score (nSPS) is 13.9. The summed E-state index contributed by atoms with van der Waals surface area (Å²) in [6.07, 6.45) is 0.852. The SMILES string of the molecule is CNCC(=O)N1CCc2c(Cl)cccc2C1.Cl. The predicted octanol–water partition coefficient (Wildman–Crippen LogP) is 1.87. The zero-order valence-corrected chi connectivity index (χ0v) is 11.3. The third-order valence-corrected chi connectivity index (χ3v) is 3.24. The lowest BCUT2D eigenvalue weighted by molar-refractivity contribution is -0.131. The number of hydrogen-bond donors (Lipinski definition) is 1. The molecule has 1 aliphatic rings. The summed E-state index contributed by atoms with van der Waals surface area (Å²) in [5, 5.41) is 3.70. The molecule has 0 aliphatic carbocycles. The molecule has 0 aromatic heterocycles. The first-order valence-electron chi connectivity index (χ1n) is 5.41. The average molecular weight is 275 g/mol. The molecule has 0 atom stereocenters. The maximum Gasteiger partial charge on any atom is 0.236 e. The zero-order chi connectivity index (χ0) is 11.5. The highest BCUT2D eigenvalue weighted by molar-refractivity contribution is 6.31. The highest BCUT2D eigenvalue weighted by Crippen LogP contribution is 2.25. The Kier molecular flexibility index (Phi) is 5.25. The summed E-state index contributed by atoms with van der Waals surface area (Å²) in [6, 6.07) is 5.89. The van der Waals surface area contributed by atoms with Gasteiger partial charge in [0.25, 0.3) is 0 Å². The van der Waals surface area contributed by atoms with Gasteiger partial charge in [0.2, 0.25) is 5.91 Å². The Balaban J connectivity index is 0.00000144. The standard InChI is InChI=1S/C12H15ClN2O.ClH/c1-14-7-12(16)15-6-5-10-9(8-15)3-2-4-11(10)13;/h2-4,14H,5-8H2,1H3;1H. The Bertz CT molecular complexity index is 409. The molecule has 2 rings (SSSR count). The van der Waals surface area contributed by atoms with Gasteiger partial charge in [-0.2, -0.15) is 0 Å². The number of fused-ring (bicyclic) bond motifs is 1. The summed E-state index contributed by atoms with van der Waals surface area (Å²) in [5.41, 5.74) is 2.36. The summed E-state index contributed by atoms with van der Waals surface area (Å²) >= 11 is 6.11. The van der Waals surface area contributed by atoms with Crippen LogP contribution in [0.2, 0.25) is 5.02 Å². The number of amides is 1. The van der Waals surface area contributed by atoms with Gasteiger partial charge in [0.05, 0.1) is 6.54 Å². The van der Waals surface area contributed by atoms with Crippen LogP contribution >= 0.6 is 24.0 Å².